The van der Waals surface area contributed by atoms with Gasteiger partial charge < -0.3 is 0 Å². The summed E-state index contributed by atoms with van der Waals surface area (Å²) in [6.45, 7) is 2.21. The average molecular weight is 276 g/mol. The first kappa shape index (κ1) is 16.0. The number of hydrogen-bond acceptors (Lipinski definition) is 2. The third-order valence-electron chi connectivity index (χ3n) is 2.95. The molecule has 0 aliphatic heterocycles. The molecule has 0 fully saturated rings. The minimum Gasteiger partial charge on any atom is -0.299 e. The fourth-order valence-corrected chi connectivity index (χ4v) is 2.50. The van der Waals surface area contributed by atoms with E-state index in [4.69, 9.17) is 0 Å². The maximum atomic E-state index is 11.6. The van der Waals surface area contributed by atoms with Crippen LogP contribution in [0.25, 0.3) is 0 Å². The summed E-state index contributed by atoms with van der Waals surface area (Å²) in [6.07, 6.45) is 9.36. The molecular weight excluding hydrogens is 252 g/mol. The molecule has 1 aromatic rings. The molecule has 0 atom stereocenters. The molecular formula is C17H24OS. The van der Waals surface area contributed by atoms with Crippen molar-refractivity contribution in [2.24, 2.45) is 0 Å². The standard InChI is InChI=1S/C17H24OS/c1-2-3-4-5-7-11-16(18)12-10-15-19-17-13-8-6-9-14-17/h6,8-10,13-15H,2-5,7,11-12H2,1H3/b15-10+. The number of Topliss-reactive ketones (excluding diaryl/α,β-unsaturated/α-hetero) is 1. The molecule has 0 heterocycles. The Hall–Kier alpha value is -1.02. The van der Waals surface area contributed by atoms with Gasteiger partial charge in [-0.05, 0) is 24.0 Å². The van der Waals surface area contributed by atoms with Crippen LogP contribution in [0.1, 0.15) is 51.9 Å². The minimum atomic E-state index is 0.362. The van der Waals surface area contributed by atoms with Crippen LogP contribution in [-0.2, 0) is 4.79 Å². The summed E-state index contributed by atoms with van der Waals surface area (Å²) in [5.41, 5.74) is 0. The van der Waals surface area contributed by atoms with E-state index in [1.807, 2.05) is 29.7 Å². The molecule has 0 saturated carbocycles. The minimum absolute atomic E-state index is 0.362. The third kappa shape index (κ3) is 8.66. The fourth-order valence-electron chi connectivity index (χ4n) is 1.83. The van der Waals surface area contributed by atoms with Gasteiger partial charge in [0.15, 0.2) is 0 Å². The Morgan fingerprint density at radius 1 is 1.11 bits per heavy atom. The Bertz CT molecular complexity index is 370. The van der Waals surface area contributed by atoms with Crippen LogP contribution in [0, 0.1) is 0 Å². The summed E-state index contributed by atoms with van der Waals surface area (Å²) >= 11 is 1.66. The van der Waals surface area contributed by atoms with Crippen LogP contribution in [0.5, 0.6) is 0 Å². The van der Waals surface area contributed by atoms with Crippen molar-refractivity contribution in [2.45, 2.75) is 56.8 Å². The van der Waals surface area contributed by atoms with Crippen LogP contribution in [-0.4, -0.2) is 5.78 Å². The average Bonchev–Trinajstić information content (AvgIpc) is 2.44. The van der Waals surface area contributed by atoms with Crippen LogP contribution in [0.3, 0.4) is 0 Å². The zero-order valence-electron chi connectivity index (χ0n) is 11.8. The van der Waals surface area contributed by atoms with Crippen LogP contribution in [0.2, 0.25) is 0 Å². The zero-order chi connectivity index (χ0) is 13.8. The highest BCUT2D eigenvalue weighted by molar-refractivity contribution is 8.02. The topological polar surface area (TPSA) is 17.1 Å². The SMILES string of the molecule is CCCCCCCC(=O)C/C=C/Sc1ccccc1. The summed E-state index contributed by atoms with van der Waals surface area (Å²) in [7, 11) is 0. The van der Waals surface area contributed by atoms with Gasteiger partial charge in [0, 0.05) is 17.7 Å². The molecule has 0 unspecified atom stereocenters. The van der Waals surface area contributed by atoms with E-state index in [9.17, 15) is 4.79 Å². The highest BCUT2D eigenvalue weighted by atomic mass is 32.2. The molecule has 0 aliphatic carbocycles. The summed E-state index contributed by atoms with van der Waals surface area (Å²) < 4.78 is 0. The van der Waals surface area contributed by atoms with Gasteiger partial charge in [-0.2, -0.15) is 0 Å². The van der Waals surface area contributed by atoms with E-state index < -0.39 is 0 Å². The molecule has 19 heavy (non-hydrogen) atoms. The molecule has 1 nitrogen and oxygen atoms in total. The molecule has 2 heteroatoms. The van der Waals surface area contributed by atoms with Gasteiger partial charge in [-0.15, -0.1) is 0 Å². The molecule has 0 spiro atoms. The number of allylic oxidation sites excluding steroid dienone is 1. The van der Waals surface area contributed by atoms with E-state index in [-0.39, 0.29) is 0 Å². The van der Waals surface area contributed by atoms with Crippen molar-refractivity contribution >= 4 is 17.5 Å². The number of carbonyl (C=O) groups excluding carboxylic acids is 1. The predicted molar refractivity (Wildman–Crippen MR) is 84.4 cm³/mol. The van der Waals surface area contributed by atoms with Gasteiger partial charge in [-0.25, -0.2) is 0 Å². The third-order valence-corrected chi connectivity index (χ3v) is 3.82. The maximum absolute atomic E-state index is 11.6. The van der Waals surface area contributed by atoms with E-state index in [1.54, 1.807) is 11.8 Å². The van der Waals surface area contributed by atoms with E-state index in [1.165, 1.54) is 30.6 Å². The Morgan fingerprint density at radius 2 is 1.84 bits per heavy atom. The lowest BCUT2D eigenvalue weighted by molar-refractivity contribution is -0.118. The highest BCUT2D eigenvalue weighted by Gasteiger charge is 1.98. The van der Waals surface area contributed by atoms with Crippen molar-refractivity contribution in [3.05, 3.63) is 41.8 Å². The van der Waals surface area contributed by atoms with Crippen molar-refractivity contribution in [1.29, 1.82) is 0 Å². The first-order valence-corrected chi connectivity index (χ1v) is 8.09. The van der Waals surface area contributed by atoms with Crippen LogP contribution in [0.15, 0.2) is 46.7 Å². The summed E-state index contributed by atoms with van der Waals surface area (Å²) in [5, 5.41) is 2.02. The van der Waals surface area contributed by atoms with Crippen molar-refractivity contribution in [2.75, 3.05) is 0 Å². The summed E-state index contributed by atoms with van der Waals surface area (Å²) in [5.74, 6) is 0.362. The molecule has 1 aromatic carbocycles. The summed E-state index contributed by atoms with van der Waals surface area (Å²) in [6, 6.07) is 10.2. The first-order chi connectivity index (χ1) is 9.33. The lowest BCUT2D eigenvalue weighted by Gasteiger charge is -1.98. The van der Waals surface area contributed by atoms with Gasteiger partial charge in [0.2, 0.25) is 0 Å². The molecule has 104 valence electrons. The van der Waals surface area contributed by atoms with E-state index in [0.717, 1.165) is 12.8 Å². The molecule has 0 aromatic heterocycles. The molecule has 0 N–H and O–H groups in total. The molecule has 0 amide bonds. The van der Waals surface area contributed by atoms with Crippen LogP contribution >= 0.6 is 11.8 Å². The van der Waals surface area contributed by atoms with E-state index in [0.29, 0.717) is 12.2 Å². The monoisotopic (exact) mass is 276 g/mol. The van der Waals surface area contributed by atoms with Gasteiger partial charge in [0.1, 0.15) is 5.78 Å². The number of hydrogen-bond donors (Lipinski definition) is 0. The zero-order valence-corrected chi connectivity index (χ0v) is 12.6. The molecule has 0 aliphatic rings. The van der Waals surface area contributed by atoms with Gasteiger partial charge >= 0.3 is 0 Å². The molecule has 0 saturated heterocycles. The maximum Gasteiger partial charge on any atom is 0.136 e. The van der Waals surface area contributed by atoms with Gasteiger partial charge in [-0.1, -0.05) is 68.6 Å². The van der Waals surface area contributed by atoms with Gasteiger partial charge in [-0.3, -0.25) is 4.79 Å². The lowest BCUT2D eigenvalue weighted by Crippen LogP contribution is -1.95. The van der Waals surface area contributed by atoms with Crippen molar-refractivity contribution in [1.82, 2.24) is 0 Å². The second kappa shape index (κ2) is 10.9. The predicted octanol–water partition coefficient (Wildman–Crippen LogP) is 5.61. The summed E-state index contributed by atoms with van der Waals surface area (Å²) in [4.78, 5) is 12.8. The molecule has 1 rings (SSSR count). The number of thioether (sulfide) groups is 1. The Balaban J connectivity index is 2.06. The normalized spacial score (nSPS) is 11.0. The number of ketones is 1. The number of carbonyl (C=O) groups is 1. The second-order valence-corrected chi connectivity index (χ2v) is 5.69. The van der Waals surface area contributed by atoms with Gasteiger partial charge in [0.05, 0.1) is 0 Å². The molecule has 0 radical (unpaired) electrons. The Kier molecular flexibility index (Phi) is 9.17. The van der Waals surface area contributed by atoms with Crippen molar-refractivity contribution in [3.8, 4) is 0 Å². The van der Waals surface area contributed by atoms with Gasteiger partial charge in [0.25, 0.3) is 0 Å². The quantitative estimate of drug-likeness (QED) is 0.408. The molecule has 0 bridgehead atoms. The smallest absolute Gasteiger partial charge is 0.136 e. The van der Waals surface area contributed by atoms with Crippen molar-refractivity contribution < 1.29 is 4.79 Å². The number of rotatable bonds is 10. The van der Waals surface area contributed by atoms with Crippen LogP contribution in [0.4, 0.5) is 0 Å². The van der Waals surface area contributed by atoms with Crippen molar-refractivity contribution in [3.63, 3.8) is 0 Å². The lowest BCUT2D eigenvalue weighted by atomic mass is 10.1. The Morgan fingerprint density at radius 3 is 2.58 bits per heavy atom. The Labute approximate surface area is 121 Å². The largest absolute Gasteiger partial charge is 0.299 e. The van der Waals surface area contributed by atoms with E-state index in [2.05, 4.69) is 19.1 Å². The number of benzene rings is 1. The van der Waals surface area contributed by atoms with Crippen LogP contribution < -0.4 is 0 Å². The first-order valence-electron chi connectivity index (χ1n) is 7.21. The highest BCUT2D eigenvalue weighted by Crippen LogP contribution is 2.18. The number of unbranched alkanes of at least 4 members (excludes halogenated alkanes) is 4. The fraction of sp³-hybridized carbons (Fsp3) is 0.471. The second-order valence-electron chi connectivity index (χ2n) is 4.71. The van der Waals surface area contributed by atoms with E-state index >= 15 is 0 Å².